The Labute approximate surface area is 220 Å². The van der Waals surface area contributed by atoms with Crippen LogP contribution in [0.4, 0.5) is 4.79 Å². The van der Waals surface area contributed by atoms with Crippen molar-refractivity contribution < 1.29 is 38.1 Å². The molecule has 0 aromatic heterocycles. The largest absolute Gasteiger partial charge is 0.486 e. The van der Waals surface area contributed by atoms with Crippen LogP contribution in [0.1, 0.15) is 74.4 Å². The molecule has 204 valence electrons. The van der Waals surface area contributed by atoms with Crippen molar-refractivity contribution >= 4 is 23.8 Å². The highest BCUT2D eigenvalue weighted by Crippen LogP contribution is 2.54. The molecular weight excluding hydrogens is 494 g/mol. The quantitative estimate of drug-likeness (QED) is 0.552. The van der Waals surface area contributed by atoms with E-state index in [9.17, 15) is 19.2 Å². The van der Waals surface area contributed by atoms with Gasteiger partial charge in [-0.2, -0.15) is 0 Å². The van der Waals surface area contributed by atoms with Crippen LogP contribution in [0.25, 0.3) is 0 Å². The molecule has 1 aromatic rings. The Morgan fingerprint density at radius 2 is 1.82 bits per heavy atom. The summed E-state index contributed by atoms with van der Waals surface area (Å²) in [5.41, 5.74) is 0.681. The number of carbonyl (C=O) groups excluding carboxylic acids is 4. The van der Waals surface area contributed by atoms with Crippen molar-refractivity contribution in [3.63, 3.8) is 0 Å². The van der Waals surface area contributed by atoms with Gasteiger partial charge in [0.05, 0.1) is 25.3 Å². The minimum atomic E-state index is -0.998. The van der Waals surface area contributed by atoms with Gasteiger partial charge in [-0.1, -0.05) is 0 Å². The molecule has 0 radical (unpaired) electrons. The van der Waals surface area contributed by atoms with Crippen LogP contribution in [0.3, 0.4) is 0 Å². The monoisotopic (exact) mass is 527 g/mol. The number of rotatable bonds is 1. The number of fused-ring (bicyclic) bond motifs is 4. The standard InChI is InChI=1S/C27H33N3O8/c1-25(2,3)38-24(34)29-10-8-26(9-11-29)15-27(35-12-13-36-27)18-5-4-16-17(21(18)37-26)14-30(23(16)33)19-6-7-20(31)28-22(19)32/h4-5,19H,6-15H2,1-3H3,(H,28,31,32). The summed E-state index contributed by atoms with van der Waals surface area (Å²) in [5.74, 6) is -1.48. The van der Waals surface area contributed by atoms with E-state index < -0.39 is 28.9 Å². The molecule has 3 fully saturated rings. The topological polar surface area (TPSA) is 124 Å². The first kappa shape index (κ1) is 25.1. The number of ether oxygens (including phenoxy) is 4. The molecule has 38 heavy (non-hydrogen) atoms. The molecule has 6 rings (SSSR count). The fourth-order valence-corrected chi connectivity index (χ4v) is 6.22. The lowest BCUT2D eigenvalue weighted by Crippen LogP contribution is -2.56. The Morgan fingerprint density at radius 3 is 2.47 bits per heavy atom. The van der Waals surface area contributed by atoms with Gasteiger partial charge in [-0.15, -0.1) is 0 Å². The second-order valence-electron chi connectivity index (χ2n) is 11.7. The molecule has 1 N–H and O–H groups in total. The van der Waals surface area contributed by atoms with Crippen LogP contribution < -0.4 is 10.1 Å². The lowest BCUT2D eigenvalue weighted by molar-refractivity contribution is -0.219. The van der Waals surface area contributed by atoms with Crippen LogP contribution in [-0.2, 0) is 36.1 Å². The molecule has 0 saturated carbocycles. The van der Waals surface area contributed by atoms with Gasteiger partial charge in [-0.05, 0) is 39.3 Å². The van der Waals surface area contributed by atoms with E-state index >= 15 is 0 Å². The highest BCUT2D eigenvalue weighted by atomic mass is 16.7. The smallest absolute Gasteiger partial charge is 0.410 e. The summed E-state index contributed by atoms with van der Waals surface area (Å²) < 4.78 is 24.8. The van der Waals surface area contributed by atoms with Crippen molar-refractivity contribution in [3.05, 3.63) is 28.8 Å². The number of amides is 4. The first-order valence-corrected chi connectivity index (χ1v) is 13.3. The maximum absolute atomic E-state index is 13.4. The number of hydrogen-bond acceptors (Lipinski definition) is 8. The molecule has 4 amide bonds. The predicted octanol–water partition coefficient (Wildman–Crippen LogP) is 2.20. The van der Waals surface area contributed by atoms with Gasteiger partial charge in [0.25, 0.3) is 5.91 Å². The first-order chi connectivity index (χ1) is 18.0. The van der Waals surface area contributed by atoms with Gasteiger partial charge in [-0.25, -0.2) is 4.79 Å². The molecule has 5 heterocycles. The van der Waals surface area contributed by atoms with Gasteiger partial charge in [0.2, 0.25) is 17.6 Å². The van der Waals surface area contributed by atoms with Crippen molar-refractivity contribution in [1.29, 1.82) is 0 Å². The third-order valence-electron chi connectivity index (χ3n) is 8.03. The summed E-state index contributed by atoms with van der Waals surface area (Å²) in [5, 5.41) is 2.34. The summed E-state index contributed by atoms with van der Waals surface area (Å²) in [7, 11) is 0. The van der Waals surface area contributed by atoms with Crippen LogP contribution in [0.15, 0.2) is 12.1 Å². The number of imide groups is 1. The normalized spacial score (nSPS) is 25.8. The number of carbonyl (C=O) groups is 4. The molecule has 0 aliphatic carbocycles. The van der Waals surface area contributed by atoms with Gasteiger partial charge < -0.3 is 28.7 Å². The molecule has 11 nitrogen and oxygen atoms in total. The van der Waals surface area contributed by atoms with Crippen LogP contribution in [-0.4, -0.2) is 77.2 Å². The number of benzene rings is 1. The second kappa shape index (κ2) is 8.67. The summed E-state index contributed by atoms with van der Waals surface area (Å²) in [4.78, 5) is 53.5. The maximum Gasteiger partial charge on any atom is 0.410 e. The molecule has 3 saturated heterocycles. The Hall–Kier alpha value is -3.18. The van der Waals surface area contributed by atoms with Gasteiger partial charge in [-0.3, -0.25) is 19.7 Å². The van der Waals surface area contributed by atoms with E-state index in [1.54, 1.807) is 11.0 Å². The summed E-state index contributed by atoms with van der Waals surface area (Å²) in [6.45, 7) is 7.52. The van der Waals surface area contributed by atoms with Crippen LogP contribution >= 0.6 is 0 Å². The number of nitrogens with one attached hydrogen (secondary N) is 1. The van der Waals surface area contributed by atoms with Crippen molar-refractivity contribution in [2.45, 2.75) is 82.5 Å². The molecule has 2 spiro atoms. The minimum Gasteiger partial charge on any atom is -0.486 e. The van der Waals surface area contributed by atoms with E-state index in [1.807, 2.05) is 26.8 Å². The zero-order valence-corrected chi connectivity index (χ0v) is 22.0. The van der Waals surface area contributed by atoms with Gasteiger partial charge in [0.15, 0.2) is 0 Å². The van der Waals surface area contributed by atoms with E-state index in [0.717, 1.165) is 5.56 Å². The lowest BCUT2D eigenvalue weighted by atomic mass is 9.79. The van der Waals surface area contributed by atoms with Crippen molar-refractivity contribution in [2.24, 2.45) is 0 Å². The minimum absolute atomic E-state index is 0.188. The summed E-state index contributed by atoms with van der Waals surface area (Å²) in [6.07, 6.45) is 1.70. The Bertz CT molecular complexity index is 1210. The molecule has 1 unspecified atom stereocenters. The third kappa shape index (κ3) is 4.12. The first-order valence-electron chi connectivity index (χ1n) is 13.3. The predicted molar refractivity (Wildman–Crippen MR) is 131 cm³/mol. The average molecular weight is 528 g/mol. The zero-order chi connectivity index (χ0) is 26.9. The van der Waals surface area contributed by atoms with Crippen molar-refractivity contribution in [1.82, 2.24) is 15.1 Å². The van der Waals surface area contributed by atoms with Gasteiger partial charge in [0, 0.05) is 49.9 Å². The molecule has 11 heteroatoms. The second-order valence-corrected chi connectivity index (χ2v) is 11.7. The van der Waals surface area contributed by atoms with E-state index in [-0.39, 0.29) is 37.3 Å². The van der Waals surface area contributed by atoms with Crippen LogP contribution in [0.2, 0.25) is 0 Å². The lowest BCUT2D eigenvalue weighted by Gasteiger charge is -2.49. The van der Waals surface area contributed by atoms with Crippen LogP contribution in [0, 0.1) is 0 Å². The third-order valence-corrected chi connectivity index (χ3v) is 8.03. The van der Waals surface area contributed by atoms with Gasteiger partial charge in [0.1, 0.15) is 23.0 Å². The Balaban J connectivity index is 1.30. The number of nitrogens with zero attached hydrogens (tertiary/aromatic N) is 2. The molecule has 1 aromatic carbocycles. The van der Waals surface area contributed by atoms with Crippen molar-refractivity contribution in [2.75, 3.05) is 26.3 Å². The van der Waals surface area contributed by atoms with E-state index in [1.165, 1.54) is 4.90 Å². The molecular formula is C27H33N3O8. The summed E-state index contributed by atoms with van der Waals surface area (Å²) >= 11 is 0. The average Bonchev–Trinajstić information content (AvgIpc) is 3.43. The fourth-order valence-electron chi connectivity index (χ4n) is 6.22. The molecule has 1 atom stereocenters. The highest BCUT2D eigenvalue weighted by Gasteiger charge is 2.56. The van der Waals surface area contributed by atoms with Gasteiger partial charge >= 0.3 is 6.09 Å². The van der Waals surface area contributed by atoms with E-state index in [2.05, 4.69) is 5.32 Å². The Morgan fingerprint density at radius 1 is 1.11 bits per heavy atom. The number of likely N-dealkylation sites (tertiary alicyclic amines) is 1. The fraction of sp³-hybridized carbons (Fsp3) is 0.630. The van der Waals surface area contributed by atoms with E-state index in [4.69, 9.17) is 18.9 Å². The number of hydrogen-bond donors (Lipinski definition) is 1. The molecule has 5 aliphatic rings. The SMILES string of the molecule is CC(C)(C)OC(=O)N1CCC2(CC1)CC1(OCCO1)c1ccc3c(c1O2)CN(C1CCC(=O)NC1=O)C3=O. The van der Waals surface area contributed by atoms with E-state index in [0.29, 0.717) is 62.4 Å². The van der Waals surface area contributed by atoms with Crippen molar-refractivity contribution in [3.8, 4) is 5.75 Å². The Kier molecular flexibility index (Phi) is 5.73. The van der Waals surface area contributed by atoms with Crippen LogP contribution in [0.5, 0.6) is 5.75 Å². The highest BCUT2D eigenvalue weighted by molar-refractivity contribution is 6.05. The maximum atomic E-state index is 13.4. The summed E-state index contributed by atoms with van der Waals surface area (Å²) in [6, 6.07) is 2.86. The zero-order valence-electron chi connectivity index (χ0n) is 22.0. The number of piperidine rings is 2. The molecule has 0 bridgehead atoms. The molecule has 5 aliphatic heterocycles.